The number of hydrogen-bond acceptors (Lipinski definition) is 2. The number of hydrogen-bond donors (Lipinski definition) is 1. The summed E-state index contributed by atoms with van der Waals surface area (Å²) in [6.45, 7) is 2.56. The van der Waals surface area contributed by atoms with Crippen LogP contribution in [0.2, 0.25) is 0 Å². The van der Waals surface area contributed by atoms with E-state index >= 15 is 0 Å². The lowest BCUT2D eigenvalue weighted by Gasteiger charge is -2.17. The van der Waals surface area contributed by atoms with Gasteiger partial charge < -0.3 is 5.73 Å². The highest BCUT2D eigenvalue weighted by atomic mass is 79.9. The summed E-state index contributed by atoms with van der Waals surface area (Å²) in [4.78, 5) is 0. The summed E-state index contributed by atoms with van der Waals surface area (Å²) in [6, 6.07) is 8.19. The molecule has 0 amide bonds. The maximum Gasteiger partial charge on any atom is 0.0901 e. The zero-order chi connectivity index (χ0) is 11.5. The van der Waals surface area contributed by atoms with E-state index in [2.05, 4.69) is 27.1 Å². The predicted molar refractivity (Wildman–Crippen MR) is 68.3 cm³/mol. The Balaban J connectivity index is 2.40. The smallest absolute Gasteiger partial charge is 0.0901 e. The zero-order valence-electron chi connectivity index (χ0n) is 9.10. The molecule has 84 valence electrons. The lowest BCUT2D eigenvalue weighted by Crippen LogP contribution is -2.21. The molecule has 0 saturated carbocycles. The van der Waals surface area contributed by atoms with E-state index in [-0.39, 0.29) is 6.04 Å². The third-order valence-corrected chi connectivity index (χ3v) is 3.26. The van der Waals surface area contributed by atoms with Crippen LogP contribution in [0.15, 0.2) is 41.1 Å². The molecule has 3 nitrogen and oxygen atoms in total. The molecule has 16 heavy (non-hydrogen) atoms. The van der Waals surface area contributed by atoms with Crippen LogP contribution in [0.1, 0.15) is 17.2 Å². The van der Waals surface area contributed by atoms with E-state index in [0.29, 0.717) is 6.54 Å². The molecule has 1 aromatic carbocycles. The fraction of sp³-hybridized carbons (Fsp3) is 0.250. The van der Waals surface area contributed by atoms with E-state index in [9.17, 15) is 0 Å². The van der Waals surface area contributed by atoms with Gasteiger partial charge >= 0.3 is 0 Å². The van der Waals surface area contributed by atoms with E-state index in [1.54, 1.807) is 0 Å². The summed E-state index contributed by atoms with van der Waals surface area (Å²) in [5, 5.41) is 4.32. The van der Waals surface area contributed by atoms with Crippen LogP contribution in [0.4, 0.5) is 0 Å². The van der Waals surface area contributed by atoms with Crippen LogP contribution in [-0.2, 0) is 0 Å². The average Bonchev–Trinajstić information content (AvgIpc) is 2.69. The Morgan fingerprint density at radius 1 is 1.44 bits per heavy atom. The first-order valence-electron chi connectivity index (χ1n) is 5.17. The molecule has 0 aliphatic heterocycles. The van der Waals surface area contributed by atoms with Crippen molar-refractivity contribution < 1.29 is 0 Å². The molecule has 2 N–H and O–H groups in total. The predicted octanol–water partition coefficient (Wildman–Crippen LogP) is 2.50. The normalized spacial score (nSPS) is 12.7. The second-order valence-corrected chi connectivity index (χ2v) is 4.63. The Labute approximate surface area is 103 Å². The fourth-order valence-corrected chi connectivity index (χ4v) is 2.28. The van der Waals surface area contributed by atoms with Gasteiger partial charge in [-0.1, -0.05) is 34.1 Å². The topological polar surface area (TPSA) is 43.8 Å². The van der Waals surface area contributed by atoms with Crippen LogP contribution < -0.4 is 5.73 Å². The Kier molecular flexibility index (Phi) is 3.41. The molecule has 0 fully saturated rings. The van der Waals surface area contributed by atoms with E-state index in [4.69, 9.17) is 5.73 Å². The van der Waals surface area contributed by atoms with Gasteiger partial charge in [-0.05, 0) is 24.1 Å². The van der Waals surface area contributed by atoms with Crippen LogP contribution in [0.5, 0.6) is 0 Å². The maximum absolute atomic E-state index is 5.83. The third-order valence-electron chi connectivity index (χ3n) is 2.54. The van der Waals surface area contributed by atoms with E-state index in [1.165, 1.54) is 0 Å². The van der Waals surface area contributed by atoms with Crippen molar-refractivity contribution in [3.63, 3.8) is 0 Å². The summed E-state index contributed by atoms with van der Waals surface area (Å²) in [7, 11) is 0. The molecule has 2 aromatic rings. The molecule has 2 rings (SSSR count). The third kappa shape index (κ3) is 2.18. The highest BCUT2D eigenvalue weighted by Crippen LogP contribution is 2.25. The van der Waals surface area contributed by atoms with Gasteiger partial charge in [0.1, 0.15) is 0 Å². The number of nitrogens with zero attached hydrogens (tertiary/aromatic N) is 2. The van der Waals surface area contributed by atoms with Crippen molar-refractivity contribution in [1.29, 1.82) is 0 Å². The van der Waals surface area contributed by atoms with Gasteiger partial charge in [-0.3, -0.25) is 4.68 Å². The molecular weight excluding hydrogens is 266 g/mol. The molecule has 0 aliphatic rings. The van der Waals surface area contributed by atoms with E-state index in [0.717, 1.165) is 15.6 Å². The number of benzene rings is 1. The van der Waals surface area contributed by atoms with Crippen LogP contribution in [0.25, 0.3) is 0 Å². The van der Waals surface area contributed by atoms with Crippen LogP contribution >= 0.6 is 15.9 Å². The van der Waals surface area contributed by atoms with Gasteiger partial charge in [-0.25, -0.2) is 0 Å². The Morgan fingerprint density at radius 2 is 2.19 bits per heavy atom. The van der Waals surface area contributed by atoms with Crippen molar-refractivity contribution >= 4 is 15.9 Å². The highest BCUT2D eigenvalue weighted by molar-refractivity contribution is 9.10. The molecule has 1 atom stereocenters. The maximum atomic E-state index is 5.83. The summed E-state index contributed by atoms with van der Waals surface area (Å²) < 4.78 is 2.98. The SMILES string of the molecule is Cc1cnn(C(CN)c2ccccc2Br)c1. The van der Waals surface area contributed by atoms with E-state index < -0.39 is 0 Å². The summed E-state index contributed by atoms with van der Waals surface area (Å²) in [5.74, 6) is 0. The molecule has 4 heteroatoms. The van der Waals surface area contributed by atoms with Crippen molar-refractivity contribution in [2.75, 3.05) is 6.54 Å². The number of aryl methyl sites for hydroxylation is 1. The summed E-state index contributed by atoms with van der Waals surface area (Å²) in [5.41, 5.74) is 8.14. The minimum atomic E-state index is 0.0873. The van der Waals surface area contributed by atoms with Crippen molar-refractivity contribution in [2.45, 2.75) is 13.0 Å². The van der Waals surface area contributed by atoms with Gasteiger partial charge in [0.15, 0.2) is 0 Å². The Bertz CT molecular complexity index is 479. The first-order valence-corrected chi connectivity index (χ1v) is 5.97. The van der Waals surface area contributed by atoms with Gasteiger partial charge in [0, 0.05) is 17.2 Å². The first-order chi connectivity index (χ1) is 7.72. The second kappa shape index (κ2) is 4.80. The summed E-state index contributed by atoms with van der Waals surface area (Å²) in [6.07, 6.45) is 3.86. The number of halogens is 1. The lowest BCUT2D eigenvalue weighted by atomic mass is 10.1. The molecule has 1 unspecified atom stereocenters. The van der Waals surface area contributed by atoms with Gasteiger partial charge in [0.05, 0.1) is 12.2 Å². The van der Waals surface area contributed by atoms with Gasteiger partial charge in [0.25, 0.3) is 0 Å². The van der Waals surface area contributed by atoms with Crippen molar-refractivity contribution in [1.82, 2.24) is 9.78 Å². The second-order valence-electron chi connectivity index (χ2n) is 3.77. The Morgan fingerprint density at radius 3 is 2.75 bits per heavy atom. The number of nitrogens with two attached hydrogens (primary N) is 1. The van der Waals surface area contributed by atoms with Gasteiger partial charge in [-0.15, -0.1) is 0 Å². The summed E-state index contributed by atoms with van der Waals surface area (Å²) >= 11 is 3.55. The zero-order valence-corrected chi connectivity index (χ0v) is 10.7. The van der Waals surface area contributed by atoms with Crippen LogP contribution in [0, 0.1) is 6.92 Å². The highest BCUT2D eigenvalue weighted by Gasteiger charge is 2.14. The number of rotatable bonds is 3. The molecule has 0 bridgehead atoms. The number of aromatic nitrogens is 2. The molecular formula is C12H14BrN3. The van der Waals surface area contributed by atoms with Crippen LogP contribution in [0.3, 0.4) is 0 Å². The van der Waals surface area contributed by atoms with Crippen LogP contribution in [-0.4, -0.2) is 16.3 Å². The molecule has 0 aliphatic carbocycles. The molecule has 1 aromatic heterocycles. The minimum Gasteiger partial charge on any atom is -0.328 e. The quantitative estimate of drug-likeness (QED) is 0.938. The van der Waals surface area contributed by atoms with Gasteiger partial charge in [0.2, 0.25) is 0 Å². The standard InChI is InChI=1S/C12H14BrN3/c1-9-7-15-16(8-9)12(6-14)10-4-2-3-5-11(10)13/h2-5,7-8,12H,6,14H2,1H3. The monoisotopic (exact) mass is 279 g/mol. The van der Waals surface area contributed by atoms with E-state index in [1.807, 2.05) is 42.2 Å². The van der Waals surface area contributed by atoms with Crippen molar-refractivity contribution in [3.8, 4) is 0 Å². The van der Waals surface area contributed by atoms with Crippen molar-refractivity contribution in [3.05, 3.63) is 52.3 Å². The molecule has 0 spiro atoms. The Hall–Kier alpha value is -1.13. The van der Waals surface area contributed by atoms with Gasteiger partial charge in [-0.2, -0.15) is 5.10 Å². The first kappa shape index (κ1) is 11.4. The molecule has 0 radical (unpaired) electrons. The lowest BCUT2D eigenvalue weighted by molar-refractivity contribution is 0.530. The minimum absolute atomic E-state index is 0.0873. The van der Waals surface area contributed by atoms with Crippen molar-refractivity contribution in [2.24, 2.45) is 5.73 Å². The average molecular weight is 280 g/mol. The fourth-order valence-electron chi connectivity index (χ4n) is 1.73. The molecule has 1 heterocycles. The largest absolute Gasteiger partial charge is 0.328 e. The molecule has 0 saturated heterocycles.